The monoisotopic (exact) mass is 474 g/mol. The fourth-order valence-electron chi connectivity index (χ4n) is 4.84. The molecule has 0 atom stereocenters. The van der Waals surface area contributed by atoms with Crippen molar-refractivity contribution in [2.75, 3.05) is 26.1 Å². The first-order chi connectivity index (χ1) is 18.6. The van der Waals surface area contributed by atoms with Crippen molar-refractivity contribution in [1.82, 2.24) is 9.47 Å². The highest BCUT2D eigenvalue weighted by Crippen LogP contribution is 2.36. The summed E-state index contributed by atoms with van der Waals surface area (Å²) in [5.74, 6) is 0.642. The van der Waals surface area contributed by atoms with E-state index in [0.29, 0.717) is 19.6 Å². The highest BCUT2D eigenvalue weighted by Gasteiger charge is 2.17. The molecule has 0 saturated carbocycles. The number of ether oxygens (including phenoxy) is 1. The Balaban J connectivity index is 1.42. The third-order valence-corrected chi connectivity index (χ3v) is 6.68. The molecule has 0 bridgehead atoms. The van der Waals surface area contributed by atoms with Crippen LogP contribution in [0.5, 0.6) is 17.2 Å². The van der Waals surface area contributed by atoms with Crippen LogP contribution in [0.2, 0.25) is 0 Å². The van der Waals surface area contributed by atoms with Gasteiger partial charge in [-0.3, -0.25) is 4.90 Å². The van der Waals surface area contributed by atoms with Crippen molar-refractivity contribution >= 4 is 10.9 Å². The normalized spacial score (nSPS) is 17.3. The predicted molar refractivity (Wildman–Crippen MR) is 141 cm³/mol. The lowest BCUT2D eigenvalue weighted by molar-refractivity contribution is 0.214. The predicted octanol–water partition coefficient (Wildman–Crippen LogP) is 6.33. The van der Waals surface area contributed by atoms with Gasteiger partial charge in [-0.05, 0) is 104 Å². The largest absolute Gasteiger partial charge is 0.508 e. The number of fused-ring (bicyclic) bond motifs is 1. The third kappa shape index (κ3) is 5.30. The molecule has 5 heteroatoms. The van der Waals surface area contributed by atoms with Gasteiger partial charge in [0.2, 0.25) is 0 Å². The van der Waals surface area contributed by atoms with Crippen LogP contribution >= 0.6 is 0 Å². The molecule has 35 heavy (non-hydrogen) atoms. The van der Waals surface area contributed by atoms with E-state index in [0.717, 1.165) is 59.0 Å². The maximum Gasteiger partial charge on any atom is 0.119 e. The quantitative estimate of drug-likeness (QED) is 0.329. The molecule has 1 aromatic heterocycles. The van der Waals surface area contributed by atoms with Crippen molar-refractivity contribution in [3.63, 3.8) is 0 Å². The summed E-state index contributed by atoms with van der Waals surface area (Å²) in [6.45, 7) is -1.24. The average molecular weight is 475 g/mol. The van der Waals surface area contributed by atoms with Crippen LogP contribution in [0.15, 0.2) is 66.7 Å². The van der Waals surface area contributed by atoms with Crippen LogP contribution in [0, 0.1) is 6.92 Å². The molecule has 1 fully saturated rings. The van der Waals surface area contributed by atoms with E-state index < -0.39 is 13.1 Å². The van der Waals surface area contributed by atoms with Crippen LogP contribution in [0.3, 0.4) is 0 Å². The molecule has 0 radical (unpaired) electrons. The third-order valence-electron chi connectivity index (χ3n) is 6.68. The summed E-state index contributed by atoms with van der Waals surface area (Å²) >= 11 is 0. The van der Waals surface area contributed by atoms with Crippen LogP contribution in [0.4, 0.5) is 0 Å². The van der Waals surface area contributed by atoms with E-state index in [1.807, 2.05) is 37.3 Å². The zero-order valence-corrected chi connectivity index (χ0v) is 20.0. The molecule has 1 aliphatic heterocycles. The Morgan fingerprint density at radius 1 is 0.857 bits per heavy atom. The number of rotatable bonds is 7. The number of likely N-dealkylation sites (tertiary alicyclic amines) is 1. The molecule has 3 aromatic carbocycles. The van der Waals surface area contributed by atoms with E-state index in [1.165, 1.54) is 0 Å². The maximum atomic E-state index is 10.1. The number of aryl methyl sites for hydroxylation is 1. The number of aromatic nitrogens is 1. The van der Waals surface area contributed by atoms with Crippen molar-refractivity contribution in [2.45, 2.75) is 39.2 Å². The van der Waals surface area contributed by atoms with Gasteiger partial charge < -0.3 is 19.5 Å². The van der Waals surface area contributed by atoms with Crippen molar-refractivity contribution in [3.05, 3.63) is 77.9 Å². The summed E-state index contributed by atoms with van der Waals surface area (Å²) in [4.78, 5) is 1.57. The second kappa shape index (κ2) is 10.4. The summed E-state index contributed by atoms with van der Waals surface area (Å²) in [7, 11) is 0. The number of aromatic hydroxyl groups is 2. The first kappa shape index (κ1) is 18.8. The topological polar surface area (TPSA) is 57.9 Å². The smallest absolute Gasteiger partial charge is 0.119 e. The van der Waals surface area contributed by atoms with Crippen molar-refractivity contribution in [1.29, 1.82) is 0 Å². The van der Waals surface area contributed by atoms with Gasteiger partial charge in [-0.15, -0.1) is 0 Å². The Morgan fingerprint density at radius 3 is 2.26 bits per heavy atom. The van der Waals surface area contributed by atoms with Crippen molar-refractivity contribution in [3.8, 4) is 28.5 Å². The van der Waals surface area contributed by atoms with Crippen molar-refractivity contribution < 1.29 is 20.4 Å². The number of benzene rings is 3. The Kier molecular flexibility index (Phi) is 5.62. The fraction of sp³-hybridized carbons (Fsp3) is 0.333. The van der Waals surface area contributed by atoms with Gasteiger partial charge in [-0.2, -0.15) is 0 Å². The standard InChI is InChI=1S/C30H34N2O3/c1-22-28-20-26(34)12-15-29(28)32(30(22)24-8-10-25(33)11-9-24)21-23-6-13-27(14-7-23)35-19-18-31-16-4-2-3-5-17-31/h6-15,20,33-34H,2-5,16-19,21H2,1H3/i18D2,19D2. The van der Waals surface area contributed by atoms with Crippen LogP contribution in [0.25, 0.3) is 22.2 Å². The van der Waals surface area contributed by atoms with E-state index in [1.54, 1.807) is 41.3 Å². The molecule has 182 valence electrons. The van der Waals surface area contributed by atoms with Gasteiger partial charge in [-0.25, -0.2) is 0 Å². The van der Waals surface area contributed by atoms with Gasteiger partial charge in [0, 0.05) is 26.7 Å². The molecule has 5 nitrogen and oxygen atoms in total. The van der Waals surface area contributed by atoms with Gasteiger partial charge in [-0.1, -0.05) is 25.0 Å². The summed E-state index contributed by atoms with van der Waals surface area (Å²) in [5.41, 5.74) is 4.82. The Bertz CT molecular complexity index is 1440. The van der Waals surface area contributed by atoms with Crippen LogP contribution in [0.1, 0.15) is 42.3 Å². The Morgan fingerprint density at radius 2 is 1.54 bits per heavy atom. The van der Waals surface area contributed by atoms with Crippen molar-refractivity contribution in [2.24, 2.45) is 0 Å². The minimum absolute atomic E-state index is 0.187. The Hall–Kier alpha value is -3.44. The molecule has 0 aliphatic carbocycles. The van der Waals surface area contributed by atoms with E-state index >= 15 is 0 Å². The second-order valence-corrected chi connectivity index (χ2v) is 9.17. The molecule has 0 unspecified atom stereocenters. The molecule has 0 amide bonds. The second-order valence-electron chi connectivity index (χ2n) is 9.17. The molecule has 1 aliphatic rings. The van der Waals surface area contributed by atoms with E-state index in [2.05, 4.69) is 4.57 Å². The number of phenolic OH excluding ortho intramolecular Hbond substituents is 2. The van der Waals surface area contributed by atoms with E-state index in [-0.39, 0.29) is 17.2 Å². The first-order valence-corrected chi connectivity index (χ1v) is 12.2. The van der Waals surface area contributed by atoms with Gasteiger partial charge in [0.15, 0.2) is 0 Å². The van der Waals surface area contributed by atoms with Gasteiger partial charge in [0.25, 0.3) is 0 Å². The molecule has 2 N–H and O–H groups in total. The number of hydrogen-bond donors (Lipinski definition) is 2. The molecule has 0 spiro atoms. The highest BCUT2D eigenvalue weighted by molar-refractivity contribution is 5.92. The zero-order valence-electron chi connectivity index (χ0n) is 24.0. The van der Waals surface area contributed by atoms with E-state index in [4.69, 9.17) is 10.2 Å². The highest BCUT2D eigenvalue weighted by atomic mass is 16.5. The van der Waals surface area contributed by atoms with Gasteiger partial charge in [0.1, 0.15) is 23.8 Å². The summed E-state index contributed by atoms with van der Waals surface area (Å²) in [6, 6.07) is 19.4. The molecule has 5 rings (SSSR count). The summed E-state index contributed by atoms with van der Waals surface area (Å²) < 4.78 is 41.7. The zero-order chi connectivity index (χ0) is 27.8. The van der Waals surface area contributed by atoms with Gasteiger partial charge >= 0.3 is 0 Å². The minimum atomic E-state index is -2.53. The SMILES string of the molecule is [2H]C([2H])(Oc1ccc(Cn2c(-c3ccc(O)cc3)c(C)c3cc(O)ccc32)cc1)C([2H])([2H])N1CCCCCC1. The lowest BCUT2D eigenvalue weighted by atomic mass is 10.1. The van der Waals surface area contributed by atoms with E-state index in [9.17, 15) is 10.2 Å². The Labute approximate surface area is 212 Å². The summed E-state index contributed by atoms with van der Waals surface area (Å²) in [5, 5.41) is 20.8. The molecule has 1 saturated heterocycles. The number of hydrogen-bond acceptors (Lipinski definition) is 4. The van der Waals surface area contributed by atoms with Crippen LogP contribution in [-0.2, 0) is 6.54 Å². The lowest BCUT2D eigenvalue weighted by Crippen LogP contribution is -2.29. The van der Waals surface area contributed by atoms with Crippen LogP contribution < -0.4 is 4.74 Å². The number of phenols is 2. The maximum absolute atomic E-state index is 10.1. The minimum Gasteiger partial charge on any atom is -0.508 e. The van der Waals surface area contributed by atoms with Crippen LogP contribution in [-0.4, -0.2) is 45.8 Å². The molecule has 4 aromatic rings. The fourth-order valence-corrected chi connectivity index (χ4v) is 4.84. The average Bonchev–Trinajstić information content (AvgIpc) is 3.07. The summed E-state index contributed by atoms with van der Waals surface area (Å²) in [6.07, 6.45) is 3.76. The first-order valence-electron chi connectivity index (χ1n) is 14.2. The molecular weight excluding hydrogens is 436 g/mol. The molecular formula is C30H34N2O3. The van der Waals surface area contributed by atoms with Gasteiger partial charge in [0.05, 0.1) is 8.44 Å². The number of nitrogens with zero attached hydrogens (tertiary/aromatic N) is 2. The lowest BCUT2D eigenvalue weighted by Gasteiger charge is -2.19. The molecule has 2 heterocycles.